The van der Waals surface area contributed by atoms with E-state index in [1.54, 1.807) is 18.2 Å². The number of anilines is 2. The van der Waals surface area contributed by atoms with Crippen molar-refractivity contribution in [3.63, 3.8) is 0 Å². The maximum Gasteiger partial charge on any atom is 0.339 e. The van der Waals surface area contributed by atoms with Gasteiger partial charge >= 0.3 is 5.97 Å². The minimum absolute atomic E-state index is 0.0515. The Balaban J connectivity index is 2.34. The van der Waals surface area contributed by atoms with Crippen LogP contribution >= 0.6 is 27.5 Å². The fourth-order valence-electron chi connectivity index (χ4n) is 1.73. The van der Waals surface area contributed by atoms with Gasteiger partial charge in [0.05, 0.1) is 10.7 Å². The van der Waals surface area contributed by atoms with Crippen LogP contribution in [0.3, 0.4) is 0 Å². The van der Waals surface area contributed by atoms with Crippen LogP contribution in [0, 0.1) is 0 Å². The molecule has 5 nitrogen and oxygen atoms in total. The molecule has 0 fully saturated rings. The quantitative estimate of drug-likeness (QED) is 0.720. The second-order valence-electron chi connectivity index (χ2n) is 4.16. The number of hydrogen-bond donors (Lipinski definition) is 3. The summed E-state index contributed by atoms with van der Waals surface area (Å²) < 4.78 is 0.674. The first-order valence-corrected chi connectivity index (χ1v) is 6.95. The number of carbonyl (C=O) groups excluding carboxylic acids is 1. The molecule has 21 heavy (non-hydrogen) atoms. The van der Waals surface area contributed by atoms with E-state index in [0.717, 1.165) is 0 Å². The highest BCUT2D eigenvalue weighted by Crippen LogP contribution is 2.26. The summed E-state index contributed by atoms with van der Waals surface area (Å²) in [5.41, 5.74) is 6.40. The number of carboxylic acid groups (broad SMARTS) is 1. The van der Waals surface area contributed by atoms with Gasteiger partial charge in [0, 0.05) is 15.7 Å². The third-order valence-corrected chi connectivity index (χ3v) is 3.77. The molecule has 108 valence electrons. The lowest BCUT2D eigenvalue weighted by molar-refractivity contribution is 0.0698. The van der Waals surface area contributed by atoms with Gasteiger partial charge in [0.1, 0.15) is 5.56 Å². The molecule has 1 amide bonds. The first-order chi connectivity index (χ1) is 9.90. The van der Waals surface area contributed by atoms with Gasteiger partial charge in [-0.05, 0) is 46.3 Å². The number of amides is 1. The normalized spacial score (nSPS) is 10.2. The highest BCUT2D eigenvalue weighted by Gasteiger charge is 2.17. The average Bonchev–Trinajstić information content (AvgIpc) is 2.41. The molecule has 2 aromatic carbocycles. The van der Waals surface area contributed by atoms with E-state index < -0.39 is 11.9 Å². The van der Waals surface area contributed by atoms with Crippen molar-refractivity contribution in [3.05, 3.63) is 57.0 Å². The molecule has 0 aliphatic rings. The number of carboxylic acids is 1. The lowest BCUT2D eigenvalue weighted by atomic mass is 10.1. The maximum absolute atomic E-state index is 12.1. The van der Waals surface area contributed by atoms with Crippen molar-refractivity contribution in [2.75, 3.05) is 11.1 Å². The zero-order valence-corrected chi connectivity index (χ0v) is 12.9. The van der Waals surface area contributed by atoms with Crippen molar-refractivity contribution in [2.24, 2.45) is 0 Å². The Morgan fingerprint density at radius 3 is 2.57 bits per heavy atom. The van der Waals surface area contributed by atoms with Crippen LogP contribution in [0.2, 0.25) is 5.02 Å². The van der Waals surface area contributed by atoms with E-state index in [2.05, 4.69) is 21.2 Å². The Kier molecular flexibility index (Phi) is 4.50. The fraction of sp³-hybridized carbons (Fsp3) is 0. The van der Waals surface area contributed by atoms with E-state index in [1.807, 2.05) is 0 Å². The number of carbonyl (C=O) groups is 2. The third-order valence-electron chi connectivity index (χ3n) is 2.73. The minimum atomic E-state index is -1.22. The molecule has 0 atom stereocenters. The SMILES string of the molecule is Nc1cc(C(=O)Nc2cccc(Cl)c2C(=O)O)ccc1Br. The number of aromatic carboxylic acids is 1. The van der Waals surface area contributed by atoms with Crippen molar-refractivity contribution < 1.29 is 14.7 Å². The van der Waals surface area contributed by atoms with Gasteiger partial charge in [-0.25, -0.2) is 4.79 Å². The van der Waals surface area contributed by atoms with Gasteiger partial charge in [-0.1, -0.05) is 17.7 Å². The van der Waals surface area contributed by atoms with Crippen LogP contribution in [0.25, 0.3) is 0 Å². The number of nitrogen functional groups attached to an aromatic ring is 1. The Morgan fingerprint density at radius 2 is 1.95 bits per heavy atom. The van der Waals surface area contributed by atoms with Crippen LogP contribution in [0.15, 0.2) is 40.9 Å². The summed E-state index contributed by atoms with van der Waals surface area (Å²) in [7, 11) is 0. The number of benzene rings is 2. The molecule has 0 saturated carbocycles. The van der Waals surface area contributed by atoms with Crippen LogP contribution in [0.4, 0.5) is 11.4 Å². The van der Waals surface area contributed by atoms with Crippen LogP contribution in [0.1, 0.15) is 20.7 Å². The van der Waals surface area contributed by atoms with E-state index >= 15 is 0 Å². The first-order valence-electron chi connectivity index (χ1n) is 5.78. The summed E-state index contributed by atoms with van der Waals surface area (Å²) in [6.07, 6.45) is 0. The summed E-state index contributed by atoms with van der Waals surface area (Å²) in [5, 5.41) is 11.7. The molecule has 2 aromatic rings. The topological polar surface area (TPSA) is 92.4 Å². The first kappa shape index (κ1) is 15.3. The predicted molar refractivity (Wildman–Crippen MR) is 84.9 cm³/mol. The van der Waals surface area contributed by atoms with Gasteiger partial charge in [0.2, 0.25) is 0 Å². The molecule has 0 spiro atoms. The summed E-state index contributed by atoms with van der Waals surface area (Å²) in [5.74, 6) is -1.69. The number of hydrogen-bond acceptors (Lipinski definition) is 3. The molecule has 7 heteroatoms. The molecule has 4 N–H and O–H groups in total. The molecule has 0 heterocycles. The summed E-state index contributed by atoms with van der Waals surface area (Å²) in [4.78, 5) is 23.3. The maximum atomic E-state index is 12.1. The van der Waals surface area contributed by atoms with Crippen molar-refractivity contribution in [2.45, 2.75) is 0 Å². The second-order valence-corrected chi connectivity index (χ2v) is 5.42. The Labute approximate surface area is 133 Å². The largest absolute Gasteiger partial charge is 0.478 e. The molecule has 0 aliphatic carbocycles. The zero-order chi connectivity index (χ0) is 15.6. The molecule has 0 radical (unpaired) electrons. The van der Waals surface area contributed by atoms with Crippen molar-refractivity contribution in [3.8, 4) is 0 Å². The number of nitrogens with one attached hydrogen (secondary N) is 1. The van der Waals surface area contributed by atoms with Crippen molar-refractivity contribution in [1.29, 1.82) is 0 Å². The van der Waals surface area contributed by atoms with Crippen LogP contribution in [-0.2, 0) is 0 Å². The van der Waals surface area contributed by atoms with Gasteiger partial charge in [-0.15, -0.1) is 0 Å². The van der Waals surface area contributed by atoms with Crippen molar-refractivity contribution in [1.82, 2.24) is 0 Å². The van der Waals surface area contributed by atoms with Gasteiger partial charge < -0.3 is 16.2 Å². The van der Waals surface area contributed by atoms with E-state index in [9.17, 15) is 9.59 Å². The molecule has 0 aliphatic heterocycles. The number of nitrogens with two attached hydrogens (primary N) is 1. The third kappa shape index (κ3) is 3.34. The number of rotatable bonds is 3. The van der Waals surface area contributed by atoms with E-state index in [-0.39, 0.29) is 16.3 Å². The van der Waals surface area contributed by atoms with E-state index in [1.165, 1.54) is 18.2 Å². The van der Waals surface area contributed by atoms with Crippen LogP contribution < -0.4 is 11.1 Å². The van der Waals surface area contributed by atoms with Gasteiger partial charge in [-0.2, -0.15) is 0 Å². The monoisotopic (exact) mass is 368 g/mol. The molecule has 0 aromatic heterocycles. The summed E-state index contributed by atoms with van der Waals surface area (Å²) in [6.45, 7) is 0. The standard InChI is InChI=1S/C14H10BrClN2O3/c15-8-5-4-7(6-10(8)17)13(19)18-11-3-1-2-9(16)12(11)14(20)21/h1-6H,17H2,(H,18,19)(H,20,21). The minimum Gasteiger partial charge on any atom is -0.478 e. The molecule has 0 bridgehead atoms. The van der Waals surface area contributed by atoms with E-state index in [0.29, 0.717) is 15.7 Å². The van der Waals surface area contributed by atoms with Crippen LogP contribution in [0.5, 0.6) is 0 Å². The molecule has 2 rings (SSSR count). The second kappa shape index (κ2) is 6.15. The van der Waals surface area contributed by atoms with Crippen LogP contribution in [-0.4, -0.2) is 17.0 Å². The van der Waals surface area contributed by atoms with Gasteiger partial charge in [0.15, 0.2) is 0 Å². The van der Waals surface area contributed by atoms with Gasteiger partial charge in [0.25, 0.3) is 5.91 Å². The molecule has 0 saturated heterocycles. The lowest BCUT2D eigenvalue weighted by Crippen LogP contribution is -2.15. The Bertz CT molecular complexity index is 734. The van der Waals surface area contributed by atoms with Crippen molar-refractivity contribution >= 4 is 50.8 Å². The number of halogens is 2. The highest BCUT2D eigenvalue weighted by molar-refractivity contribution is 9.10. The molecule has 0 unspecified atom stereocenters. The van der Waals surface area contributed by atoms with E-state index in [4.69, 9.17) is 22.4 Å². The Hall–Kier alpha value is -2.05. The lowest BCUT2D eigenvalue weighted by Gasteiger charge is -2.10. The molecular formula is C14H10BrClN2O3. The Morgan fingerprint density at radius 1 is 1.24 bits per heavy atom. The predicted octanol–water partition coefficient (Wildman–Crippen LogP) is 3.64. The van der Waals surface area contributed by atoms with Gasteiger partial charge in [-0.3, -0.25) is 4.79 Å². The summed E-state index contributed by atoms with van der Waals surface area (Å²) >= 11 is 9.08. The smallest absolute Gasteiger partial charge is 0.339 e. The highest BCUT2D eigenvalue weighted by atomic mass is 79.9. The zero-order valence-electron chi connectivity index (χ0n) is 10.6. The fourth-order valence-corrected chi connectivity index (χ4v) is 2.23. The summed E-state index contributed by atoms with van der Waals surface area (Å²) in [6, 6.07) is 9.17. The molecular weight excluding hydrogens is 360 g/mol. The average molecular weight is 370 g/mol.